The lowest BCUT2D eigenvalue weighted by molar-refractivity contribution is -0.130. The van der Waals surface area contributed by atoms with E-state index in [2.05, 4.69) is 15.6 Å². The monoisotopic (exact) mass is 388 g/mol. The number of fused-ring (bicyclic) bond motifs is 1. The Kier molecular flexibility index (Phi) is 4.40. The van der Waals surface area contributed by atoms with Crippen LogP contribution in [0, 0.1) is 6.92 Å². The number of urea groups is 1. The molecule has 2 aliphatic rings. The SMILES string of the molecule is Cc1cnc(NC(=O)C[C@H]2NC(=O)N(Cc3ccc4c(c3)OCO4)C2=O)s1. The van der Waals surface area contributed by atoms with E-state index >= 15 is 0 Å². The number of imide groups is 1. The van der Waals surface area contributed by atoms with E-state index in [4.69, 9.17) is 9.47 Å². The minimum absolute atomic E-state index is 0.0884. The third-order valence-corrected chi connectivity index (χ3v) is 4.97. The zero-order chi connectivity index (χ0) is 19.0. The van der Waals surface area contributed by atoms with Crippen LogP contribution in [0.25, 0.3) is 0 Å². The van der Waals surface area contributed by atoms with Gasteiger partial charge in [-0.3, -0.25) is 14.5 Å². The molecule has 1 atom stereocenters. The van der Waals surface area contributed by atoms with Crippen LogP contribution in [-0.4, -0.2) is 40.6 Å². The number of nitrogens with one attached hydrogen (secondary N) is 2. The molecule has 1 fully saturated rings. The van der Waals surface area contributed by atoms with Gasteiger partial charge in [-0.15, -0.1) is 11.3 Å². The molecule has 1 aromatic carbocycles. The Bertz CT molecular complexity index is 928. The quantitative estimate of drug-likeness (QED) is 0.754. The Balaban J connectivity index is 1.39. The standard InChI is InChI=1S/C17H16N4O5S/c1-9-6-18-16(27-9)20-14(22)5-11-15(23)21(17(24)19-11)7-10-2-3-12-13(4-10)26-8-25-12/h2-4,6,11H,5,7-8H2,1H3,(H,19,24)(H,18,20,22)/t11-/m1/s1. The van der Waals surface area contributed by atoms with Gasteiger partial charge in [-0.05, 0) is 24.6 Å². The maximum absolute atomic E-state index is 12.5. The van der Waals surface area contributed by atoms with Crippen molar-refractivity contribution in [1.82, 2.24) is 15.2 Å². The summed E-state index contributed by atoms with van der Waals surface area (Å²) < 4.78 is 10.6. The zero-order valence-electron chi connectivity index (χ0n) is 14.4. The molecule has 2 N–H and O–H groups in total. The molecule has 2 aliphatic heterocycles. The molecule has 0 bridgehead atoms. The van der Waals surface area contributed by atoms with Crippen molar-refractivity contribution in [2.75, 3.05) is 12.1 Å². The number of rotatable bonds is 5. The lowest BCUT2D eigenvalue weighted by atomic mass is 10.1. The van der Waals surface area contributed by atoms with E-state index in [-0.39, 0.29) is 25.7 Å². The molecule has 140 valence electrons. The summed E-state index contributed by atoms with van der Waals surface area (Å²) in [5.41, 5.74) is 0.728. The third kappa shape index (κ3) is 3.56. The Labute approximate surface area is 158 Å². The van der Waals surface area contributed by atoms with Crippen molar-refractivity contribution in [2.24, 2.45) is 0 Å². The van der Waals surface area contributed by atoms with Gasteiger partial charge in [-0.25, -0.2) is 9.78 Å². The van der Waals surface area contributed by atoms with Gasteiger partial charge in [0.1, 0.15) is 6.04 Å². The van der Waals surface area contributed by atoms with Crippen molar-refractivity contribution < 1.29 is 23.9 Å². The first-order valence-corrected chi connectivity index (χ1v) is 9.04. The lowest BCUT2D eigenvalue weighted by Crippen LogP contribution is -2.34. The number of carbonyl (C=O) groups is 3. The van der Waals surface area contributed by atoms with Crippen LogP contribution >= 0.6 is 11.3 Å². The lowest BCUT2D eigenvalue weighted by Gasteiger charge is -2.13. The molecular formula is C17H16N4O5S. The smallest absolute Gasteiger partial charge is 0.325 e. The van der Waals surface area contributed by atoms with Gasteiger partial charge in [0, 0.05) is 11.1 Å². The summed E-state index contributed by atoms with van der Waals surface area (Å²) in [5, 5.41) is 5.65. The predicted molar refractivity (Wildman–Crippen MR) is 95.5 cm³/mol. The van der Waals surface area contributed by atoms with E-state index in [9.17, 15) is 14.4 Å². The molecule has 0 spiro atoms. The van der Waals surface area contributed by atoms with Gasteiger partial charge in [0.05, 0.1) is 13.0 Å². The zero-order valence-corrected chi connectivity index (χ0v) is 15.2. The van der Waals surface area contributed by atoms with E-state index < -0.39 is 18.0 Å². The average molecular weight is 388 g/mol. The maximum Gasteiger partial charge on any atom is 0.325 e. The third-order valence-electron chi connectivity index (χ3n) is 4.14. The van der Waals surface area contributed by atoms with Crippen LogP contribution in [0.4, 0.5) is 9.93 Å². The first-order chi connectivity index (χ1) is 13.0. The summed E-state index contributed by atoms with van der Waals surface area (Å²) >= 11 is 1.34. The van der Waals surface area contributed by atoms with Gasteiger partial charge in [-0.2, -0.15) is 0 Å². The topological polar surface area (TPSA) is 110 Å². The molecular weight excluding hydrogens is 372 g/mol. The van der Waals surface area contributed by atoms with Crippen LogP contribution in [0.2, 0.25) is 0 Å². The van der Waals surface area contributed by atoms with Crippen LogP contribution in [-0.2, 0) is 16.1 Å². The highest BCUT2D eigenvalue weighted by molar-refractivity contribution is 7.15. The molecule has 4 amide bonds. The Morgan fingerprint density at radius 1 is 1.37 bits per heavy atom. The van der Waals surface area contributed by atoms with E-state index in [1.807, 2.05) is 6.92 Å². The first-order valence-electron chi connectivity index (χ1n) is 8.22. The molecule has 0 saturated carbocycles. The highest BCUT2D eigenvalue weighted by Crippen LogP contribution is 2.33. The molecule has 0 radical (unpaired) electrons. The number of ether oxygens (including phenoxy) is 2. The van der Waals surface area contributed by atoms with Gasteiger partial charge in [0.15, 0.2) is 16.6 Å². The van der Waals surface area contributed by atoms with Crippen molar-refractivity contribution in [3.05, 3.63) is 34.8 Å². The number of anilines is 1. The minimum atomic E-state index is -0.896. The average Bonchev–Trinajstić information content (AvgIpc) is 3.31. The number of aromatic nitrogens is 1. The largest absolute Gasteiger partial charge is 0.454 e. The van der Waals surface area contributed by atoms with Crippen LogP contribution in [0.1, 0.15) is 16.9 Å². The molecule has 3 heterocycles. The van der Waals surface area contributed by atoms with Crippen molar-refractivity contribution in [3.63, 3.8) is 0 Å². The molecule has 0 aliphatic carbocycles. The summed E-state index contributed by atoms with van der Waals surface area (Å²) in [7, 11) is 0. The second kappa shape index (κ2) is 6.88. The van der Waals surface area contributed by atoms with E-state index in [0.29, 0.717) is 16.6 Å². The Morgan fingerprint density at radius 2 is 2.19 bits per heavy atom. The van der Waals surface area contributed by atoms with Gasteiger partial charge < -0.3 is 20.1 Å². The number of nitrogens with zero attached hydrogens (tertiary/aromatic N) is 2. The van der Waals surface area contributed by atoms with Crippen molar-refractivity contribution in [3.8, 4) is 11.5 Å². The van der Waals surface area contributed by atoms with Gasteiger partial charge in [-0.1, -0.05) is 6.07 Å². The Hall–Kier alpha value is -3.14. The summed E-state index contributed by atoms with van der Waals surface area (Å²) in [6.45, 7) is 2.12. The highest BCUT2D eigenvalue weighted by Gasteiger charge is 2.39. The molecule has 27 heavy (non-hydrogen) atoms. The number of aryl methyl sites for hydroxylation is 1. The van der Waals surface area contributed by atoms with Crippen molar-refractivity contribution in [1.29, 1.82) is 0 Å². The minimum Gasteiger partial charge on any atom is -0.454 e. The number of carbonyl (C=O) groups excluding carboxylic acids is 3. The second-order valence-corrected chi connectivity index (χ2v) is 7.38. The summed E-state index contributed by atoms with van der Waals surface area (Å²) in [6, 6.07) is 3.80. The van der Waals surface area contributed by atoms with Crippen LogP contribution in [0.3, 0.4) is 0 Å². The van der Waals surface area contributed by atoms with E-state index in [1.54, 1.807) is 24.4 Å². The summed E-state index contributed by atoms with van der Waals surface area (Å²) in [4.78, 5) is 42.9. The summed E-state index contributed by atoms with van der Waals surface area (Å²) in [6.07, 6.45) is 1.50. The van der Waals surface area contributed by atoms with Gasteiger partial charge >= 0.3 is 6.03 Å². The van der Waals surface area contributed by atoms with Gasteiger partial charge in [0.2, 0.25) is 12.7 Å². The van der Waals surface area contributed by atoms with Crippen molar-refractivity contribution in [2.45, 2.75) is 25.9 Å². The fourth-order valence-corrected chi connectivity index (χ4v) is 3.54. The van der Waals surface area contributed by atoms with Crippen LogP contribution in [0.15, 0.2) is 24.4 Å². The number of benzene rings is 1. The molecule has 10 heteroatoms. The highest BCUT2D eigenvalue weighted by atomic mass is 32.1. The first kappa shape index (κ1) is 17.3. The van der Waals surface area contributed by atoms with E-state index in [0.717, 1.165) is 15.3 Å². The second-order valence-electron chi connectivity index (χ2n) is 6.14. The fourth-order valence-electron chi connectivity index (χ4n) is 2.86. The molecule has 1 saturated heterocycles. The maximum atomic E-state index is 12.5. The molecule has 9 nitrogen and oxygen atoms in total. The number of hydrogen-bond donors (Lipinski definition) is 2. The van der Waals surface area contributed by atoms with Crippen molar-refractivity contribution >= 4 is 34.3 Å². The van der Waals surface area contributed by atoms with E-state index in [1.165, 1.54) is 11.3 Å². The molecule has 4 rings (SSSR count). The molecule has 1 aromatic heterocycles. The fraction of sp³-hybridized carbons (Fsp3) is 0.294. The van der Waals surface area contributed by atoms with Gasteiger partial charge in [0.25, 0.3) is 5.91 Å². The number of amides is 4. The molecule has 2 aromatic rings. The van der Waals surface area contributed by atoms with Crippen LogP contribution < -0.4 is 20.1 Å². The normalized spacial score (nSPS) is 18.0. The van der Waals surface area contributed by atoms with Crippen LogP contribution in [0.5, 0.6) is 11.5 Å². The number of hydrogen-bond acceptors (Lipinski definition) is 7. The predicted octanol–water partition coefficient (Wildman–Crippen LogP) is 1.63. The molecule has 0 unspecified atom stereocenters. The summed E-state index contributed by atoms with van der Waals surface area (Å²) in [5.74, 6) is 0.383. The number of thiazole rings is 1. The Morgan fingerprint density at radius 3 is 2.96 bits per heavy atom.